The van der Waals surface area contributed by atoms with Crippen molar-refractivity contribution < 1.29 is 17.9 Å². The van der Waals surface area contributed by atoms with Crippen LogP contribution in [0.5, 0.6) is 5.88 Å². The number of ether oxygens (including phenoxy) is 2. The fraction of sp³-hybridized carbons (Fsp3) is 0.364. The summed E-state index contributed by atoms with van der Waals surface area (Å²) in [6, 6.07) is 18.3. The molecular weight excluding hydrogens is 642 g/mol. The SMILES string of the molecule is Cc1cccc(C)c1-c1cc2nc(n1)NS(=O)(=O)c1cccc(c1)COCN(Cc1ncccc1Br)[C@H](CC(C)(C)C)CO2. The van der Waals surface area contributed by atoms with Crippen molar-refractivity contribution >= 4 is 31.9 Å². The molecule has 44 heavy (non-hydrogen) atoms. The van der Waals surface area contributed by atoms with Crippen molar-refractivity contribution in [1.29, 1.82) is 0 Å². The second-order valence-corrected chi connectivity index (χ2v) is 14.9. The Kier molecular flexibility index (Phi) is 9.69. The van der Waals surface area contributed by atoms with Crippen LogP contribution in [0, 0.1) is 19.3 Å². The Morgan fingerprint density at radius 1 is 1.02 bits per heavy atom. The number of rotatable bonds is 4. The van der Waals surface area contributed by atoms with Gasteiger partial charge in [0, 0.05) is 34.9 Å². The molecule has 1 aliphatic rings. The molecule has 1 aliphatic heterocycles. The number of hydrogen-bond donors (Lipinski definition) is 1. The summed E-state index contributed by atoms with van der Waals surface area (Å²) in [4.78, 5) is 16.1. The first-order valence-corrected chi connectivity index (χ1v) is 16.8. The van der Waals surface area contributed by atoms with Crippen molar-refractivity contribution in [2.24, 2.45) is 5.41 Å². The van der Waals surface area contributed by atoms with E-state index in [9.17, 15) is 8.42 Å². The number of aryl methyl sites for hydroxylation is 2. The van der Waals surface area contributed by atoms with Crippen LogP contribution < -0.4 is 9.46 Å². The van der Waals surface area contributed by atoms with Crippen LogP contribution in [-0.2, 0) is 27.9 Å². The molecule has 0 amide bonds. The molecule has 2 aromatic heterocycles. The van der Waals surface area contributed by atoms with Gasteiger partial charge in [0.05, 0.1) is 22.9 Å². The molecule has 4 bridgehead atoms. The van der Waals surface area contributed by atoms with Gasteiger partial charge < -0.3 is 9.47 Å². The molecule has 9 nitrogen and oxygen atoms in total. The van der Waals surface area contributed by atoms with Gasteiger partial charge in [0.15, 0.2) is 0 Å². The Morgan fingerprint density at radius 2 is 1.77 bits per heavy atom. The quantitative estimate of drug-likeness (QED) is 0.249. The normalized spacial score (nSPS) is 17.5. The van der Waals surface area contributed by atoms with Crippen LogP contribution in [0.25, 0.3) is 11.3 Å². The van der Waals surface area contributed by atoms with Crippen LogP contribution in [0.4, 0.5) is 5.95 Å². The molecule has 1 atom stereocenters. The lowest BCUT2D eigenvalue weighted by molar-refractivity contribution is -0.0300. The van der Waals surface area contributed by atoms with Crippen LogP contribution in [0.3, 0.4) is 0 Å². The number of aromatic nitrogens is 3. The summed E-state index contributed by atoms with van der Waals surface area (Å²) in [6.07, 6.45) is 2.57. The Bertz CT molecular complexity index is 1720. The molecule has 232 valence electrons. The largest absolute Gasteiger partial charge is 0.476 e. The van der Waals surface area contributed by atoms with Crippen LogP contribution in [0.2, 0.25) is 0 Å². The summed E-state index contributed by atoms with van der Waals surface area (Å²) >= 11 is 3.65. The average Bonchev–Trinajstić information content (AvgIpc) is 2.95. The number of anilines is 1. The minimum atomic E-state index is -4.00. The van der Waals surface area contributed by atoms with Crippen molar-refractivity contribution in [3.63, 3.8) is 0 Å². The van der Waals surface area contributed by atoms with Gasteiger partial charge >= 0.3 is 0 Å². The molecular formula is C33H38BrN5O4S. The number of halogens is 1. The number of benzene rings is 2. The zero-order valence-corrected chi connectivity index (χ0v) is 28.1. The molecule has 0 spiro atoms. The highest BCUT2D eigenvalue weighted by atomic mass is 79.9. The van der Waals surface area contributed by atoms with Gasteiger partial charge in [0.2, 0.25) is 11.8 Å². The highest BCUT2D eigenvalue weighted by molar-refractivity contribution is 9.10. The van der Waals surface area contributed by atoms with E-state index in [0.29, 0.717) is 12.2 Å². The zero-order chi connectivity index (χ0) is 31.5. The third-order valence-electron chi connectivity index (χ3n) is 7.38. The van der Waals surface area contributed by atoms with Crippen LogP contribution in [-0.4, -0.2) is 47.6 Å². The molecule has 0 saturated heterocycles. The molecule has 2 aromatic carbocycles. The molecule has 11 heteroatoms. The molecule has 0 fully saturated rings. The second kappa shape index (κ2) is 13.3. The molecule has 3 heterocycles. The zero-order valence-electron chi connectivity index (χ0n) is 25.7. The van der Waals surface area contributed by atoms with Gasteiger partial charge in [-0.25, -0.2) is 18.1 Å². The maximum Gasteiger partial charge on any atom is 0.264 e. The summed E-state index contributed by atoms with van der Waals surface area (Å²) in [5.74, 6) is 0.219. The molecule has 0 saturated carbocycles. The fourth-order valence-electron chi connectivity index (χ4n) is 5.34. The van der Waals surface area contributed by atoms with E-state index in [1.165, 1.54) is 0 Å². The van der Waals surface area contributed by atoms with E-state index in [0.717, 1.165) is 38.8 Å². The number of pyridine rings is 1. The Balaban J connectivity index is 1.61. The van der Waals surface area contributed by atoms with Crippen molar-refractivity contribution in [1.82, 2.24) is 19.9 Å². The van der Waals surface area contributed by atoms with E-state index < -0.39 is 10.0 Å². The monoisotopic (exact) mass is 679 g/mol. The van der Waals surface area contributed by atoms with E-state index in [2.05, 4.69) is 61.3 Å². The molecule has 0 aliphatic carbocycles. The smallest absolute Gasteiger partial charge is 0.264 e. The Labute approximate surface area is 268 Å². The molecule has 1 N–H and O–H groups in total. The summed E-state index contributed by atoms with van der Waals surface area (Å²) < 4.78 is 43.1. The molecule has 0 unspecified atom stereocenters. The first-order chi connectivity index (χ1) is 20.9. The molecule has 5 rings (SSSR count). The van der Waals surface area contributed by atoms with Crippen molar-refractivity contribution in [2.75, 3.05) is 18.1 Å². The van der Waals surface area contributed by atoms with Gasteiger partial charge in [0.25, 0.3) is 10.0 Å². The predicted molar refractivity (Wildman–Crippen MR) is 175 cm³/mol. The topological polar surface area (TPSA) is 107 Å². The van der Waals surface area contributed by atoms with Crippen molar-refractivity contribution in [3.05, 3.63) is 93.7 Å². The summed E-state index contributed by atoms with van der Waals surface area (Å²) in [5.41, 5.74) is 5.09. The van der Waals surface area contributed by atoms with Gasteiger partial charge in [0.1, 0.15) is 13.3 Å². The minimum Gasteiger partial charge on any atom is -0.476 e. The lowest BCUT2D eigenvalue weighted by Gasteiger charge is -2.35. The third kappa shape index (κ3) is 8.01. The van der Waals surface area contributed by atoms with E-state index in [1.807, 2.05) is 50.2 Å². The standard InChI is InChI=1S/C33H38BrN5O4S/c1-22-9-6-10-23(2)31(22)28-16-30-37-32(36-28)38-44(40,41)26-12-7-11-24(15-26)19-42-21-39(18-29-27(34)13-8-14-35-29)25(20-43-30)17-33(3,4)5/h6-16,25H,17-21H2,1-5H3,(H,36,37,38)/t25-/m1/s1. The van der Waals surface area contributed by atoms with Crippen molar-refractivity contribution in [2.45, 2.75) is 65.1 Å². The van der Waals surface area contributed by atoms with E-state index >= 15 is 0 Å². The average molecular weight is 681 g/mol. The molecule has 0 radical (unpaired) electrons. The predicted octanol–water partition coefficient (Wildman–Crippen LogP) is 6.89. The van der Waals surface area contributed by atoms with Crippen LogP contribution >= 0.6 is 15.9 Å². The maximum atomic E-state index is 13.5. The van der Waals surface area contributed by atoms with Gasteiger partial charge in [-0.15, -0.1) is 0 Å². The summed E-state index contributed by atoms with van der Waals surface area (Å²) in [7, 11) is -4.00. The fourth-order valence-corrected chi connectivity index (χ4v) is 6.74. The lowest BCUT2D eigenvalue weighted by Crippen LogP contribution is -2.43. The van der Waals surface area contributed by atoms with E-state index in [1.54, 1.807) is 30.5 Å². The van der Waals surface area contributed by atoms with Gasteiger partial charge in [-0.2, -0.15) is 4.98 Å². The number of nitrogens with zero attached hydrogens (tertiary/aromatic N) is 4. The number of hydrogen-bond acceptors (Lipinski definition) is 8. The highest BCUT2D eigenvalue weighted by Gasteiger charge is 2.28. The first-order valence-electron chi connectivity index (χ1n) is 14.5. The van der Waals surface area contributed by atoms with E-state index in [-0.39, 0.29) is 48.1 Å². The number of fused-ring (bicyclic) bond motifs is 4. The number of nitrogens with one attached hydrogen (secondary N) is 1. The van der Waals surface area contributed by atoms with Crippen LogP contribution in [0.1, 0.15) is 49.6 Å². The summed E-state index contributed by atoms with van der Waals surface area (Å²) in [6.45, 7) is 11.9. The van der Waals surface area contributed by atoms with Gasteiger partial charge in [-0.1, -0.05) is 51.1 Å². The van der Waals surface area contributed by atoms with Crippen LogP contribution in [0.15, 0.2) is 76.2 Å². The van der Waals surface area contributed by atoms with Crippen molar-refractivity contribution in [3.8, 4) is 17.1 Å². The highest BCUT2D eigenvalue weighted by Crippen LogP contribution is 2.31. The van der Waals surface area contributed by atoms with Gasteiger partial charge in [-0.05, 0) is 82.6 Å². The minimum absolute atomic E-state index is 0.0270. The summed E-state index contributed by atoms with van der Waals surface area (Å²) in [5, 5.41) is 0. The van der Waals surface area contributed by atoms with Gasteiger partial charge in [-0.3, -0.25) is 9.88 Å². The second-order valence-electron chi connectivity index (χ2n) is 12.3. The molecule has 4 aromatic rings. The maximum absolute atomic E-state index is 13.5. The van der Waals surface area contributed by atoms with E-state index in [4.69, 9.17) is 9.47 Å². The number of sulfonamides is 1. The Morgan fingerprint density at radius 3 is 2.50 bits per heavy atom. The Hall–Kier alpha value is -3.38. The first kappa shape index (κ1) is 32.0. The lowest BCUT2D eigenvalue weighted by atomic mass is 9.87. The third-order valence-corrected chi connectivity index (χ3v) is 9.42.